The van der Waals surface area contributed by atoms with Crippen LogP contribution in [0, 0.1) is 0 Å². The molecule has 0 aromatic heterocycles. The molecule has 140 valence electrons. The van der Waals surface area contributed by atoms with Gasteiger partial charge in [0.15, 0.2) is 0 Å². The third kappa shape index (κ3) is 3.41. The fourth-order valence-corrected chi connectivity index (χ4v) is 4.41. The van der Waals surface area contributed by atoms with E-state index in [2.05, 4.69) is 4.72 Å². The summed E-state index contributed by atoms with van der Waals surface area (Å²) in [4.78, 5) is 27.0. The molecule has 8 nitrogen and oxygen atoms in total. The summed E-state index contributed by atoms with van der Waals surface area (Å²) in [7, 11) is -3.70. The second kappa shape index (κ2) is 6.55. The van der Waals surface area contributed by atoms with E-state index in [0.29, 0.717) is 25.2 Å². The molecule has 1 aromatic rings. The Morgan fingerprint density at radius 2 is 1.88 bits per heavy atom. The summed E-state index contributed by atoms with van der Waals surface area (Å²) < 4.78 is 32.6. The van der Waals surface area contributed by atoms with E-state index in [0.717, 1.165) is 19.3 Å². The number of carbonyl (C=O) groups is 2. The molecule has 1 N–H and O–H groups in total. The van der Waals surface area contributed by atoms with Crippen LogP contribution in [0.5, 0.6) is 0 Å². The molecule has 0 bridgehead atoms. The normalized spacial score (nSPS) is 23.6. The Hall–Kier alpha value is -2.13. The van der Waals surface area contributed by atoms with Gasteiger partial charge in [0.1, 0.15) is 6.10 Å². The first-order valence-corrected chi connectivity index (χ1v) is 10.3. The topological polar surface area (TPSA) is 96.0 Å². The zero-order chi connectivity index (χ0) is 18.3. The molecule has 2 aliphatic heterocycles. The molecule has 9 heteroatoms. The van der Waals surface area contributed by atoms with Crippen LogP contribution < -0.4 is 9.62 Å². The number of sulfonamides is 1. The average Bonchev–Trinajstić information content (AvgIpc) is 3.27. The molecule has 1 atom stereocenters. The molecule has 1 saturated carbocycles. The third-order valence-electron chi connectivity index (χ3n) is 4.92. The van der Waals surface area contributed by atoms with Gasteiger partial charge in [-0.2, -0.15) is 0 Å². The molecule has 0 spiro atoms. The predicted molar refractivity (Wildman–Crippen MR) is 93.2 cm³/mol. The molecule has 2 heterocycles. The standard InChI is InChI=1S/C17H21N3O5S/c21-16-2-1-9-19(16)12-5-7-15(8-6-12)26(23,24)18-10-14-11-20(13-3-4-13)17(22)25-14/h5-8,13-14,18H,1-4,9-11H2. The van der Waals surface area contributed by atoms with Crippen molar-refractivity contribution in [1.82, 2.24) is 9.62 Å². The summed E-state index contributed by atoms with van der Waals surface area (Å²) in [6, 6.07) is 6.51. The minimum atomic E-state index is -3.70. The van der Waals surface area contributed by atoms with Crippen LogP contribution in [0.1, 0.15) is 25.7 Å². The van der Waals surface area contributed by atoms with Crippen LogP contribution in [-0.2, 0) is 19.6 Å². The Bertz CT molecular complexity index is 819. The highest BCUT2D eigenvalue weighted by Crippen LogP contribution is 2.30. The van der Waals surface area contributed by atoms with E-state index in [1.165, 1.54) is 12.1 Å². The number of benzene rings is 1. The van der Waals surface area contributed by atoms with Crippen molar-refractivity contribution in [3.8, 4) is 0 Å². The van der Waals surface area contributed by atoms with Gasteiger partial charge in [-0.15, -0.1) is 0 Å². The van der Waals surface area contributed by atoms with Gasteiger partial charge in [0.2, 0.25) is 15.9 Å². The molecule has 1 aliphatic carbocycles. The lowest BCUT2D eigenvalue weighted by molar-refractivity contribution is -0.117. The smallest absolute Gasteiger partial charge is 0.410 e. The van der Waals surface area contributed by atoms with Gasteiger partial charge >= 0.3 is 6.09 Å². The van der Waals surface area contributed by atoms with E-state index in [1.807, 2.05) is 0 Å². The van der Waals surface area contributed by atoms with Gasteiger partial charge in [-0.25, -0.2) is 17.9 Å². The van der Waals surface area contributed by atoms with Crippen molar-refractivity contribution in [1.29, 1.82) is 0 Å². The van der Waals surface area contributed by atoms with E-state index in [1.54, 1.807) is 21.9 Å². The lowest BCUT2D eigenvalue weighted by Gasteiger charge is -2.16. The van der Waals surface area contributed by atoms with Crippen molar-refractivity contribution in [2.75, 3.05) is 24.5 Å². The number of hydrogen-bond acceptors (Lipinski definition) is 5. The summed E-state index contributed by atoms with van der Waals surface area (Å²) in [6.07, 6.45) is 2.48. The number of amides is 2. The molecule has 3 fully saturated rings. The number of hydrogen-bond donors (Lipinski definition) is 1. The number of rotatable bonds is 6. The summed E-state index contributed by atoms with van der Waals surface area (Å²) in [6.45, 7) is 1.12. The molecule has 1 aromatic carbocycles. The molecule has 0 radical (unpaired) electrons. The first-order valence-electron chi connectivity index (χ1n) is 8.81. The van der Waals surface area contributed by atoms with E-state index in [-0.39, 0.29) is 29.5 Å². The zero-order valence-electron chi connectivity index (χ0n) is 14.3. The lowest BCUT2D eigenvalue weighted by atomic mass is 10.3. The number of anilines is 1. The summed E-state index contributed by atoms with van der Waals surface area (Å²) in [5.74, 6) is 0.0574. The van der Waals surface area contributed by atoms with Crippen molar-refractivity contribution in [3.63, 3.8) is 0 Å². The number of carbonyl (C=O) groups excluding carboxylic acids is 2. The monoisotopic (exact) mass is 379 g/mol. The summed E-state index contributed by atoms with van der Waals surface area (Å²) >= 11 is 0. The molecular weight excluding hydrogens is 358 g/mol. The van der Waals surface area contributed by atoms with Crippen LogP contribution in [-0.4, -0.2) is 57.1 Å². The molecule has 2 amide bonds. The van der Waals surface area contributed by atoms with E-state index in [4.69, 9.17) is 4.74 Å². The predicted octanol–water partition coefficient (Wildman–Crippen LogP) is 1.07. The van der Waals surface area contributed by atoms with E-state index < -0.39 is 16.1 Å². The maximum absolute atomic E-state index is 12.4. The maximum atomic E-state index is 12.4. The van der Waals surface area contributed by atoms with Gasteiger partial charge in [-0.3, -0.25) is 4.79 Å². The Morgan fingerprint density at radius 3 is 2.50 bits per heavy atom. The number of cyclic esters (lactones) is 1. The van der Waals surface area contributed by atoms with Crippen LogP contribution in [0.3, 0.4) is 0 Å². The van der Waals surface area contributed by atoms with Crippen LogP contribution in [0.15, 0.2) is 29.2 Å². The van der Waals surface area contributed by atoms with Crippen LogP contribution in [0.25, 0.3) is 0 Å². The first kappa shape index (κ1) is 17.3. The molecule has 26 heavy (non-hydrogen) atoms. The van der Waals surface area contributed by atoms with Crippen molar-refractivity contribution in [2.45, 2.75) is 42.7 Å². The average molecular weight is 379 g/mol. The fourth-order valence-electron chi connectivity index (χ4n) is 3.34. The molecule has 4 rings (SSSR count). The molecule has 3 aliphatic rings. The van der Waals surface area contributed by atoms with Crippen molar-refractivity contribution >= 4 is 27.7 Å². The number of nitrogens with zero attached hydrogens (tertiary/aromatic N) is 2. The molecule has 2 saturated heterocycles. The Morgan fingerprint density at radius 1 is 1.15 bits per heavy atom. The quantitative estimate of drug-likeness (QED) is 0.798. The van der Waals surface area contributed by atoms with Gasteiger partial charge in [0.05, 0.1) is 11.4 Å². The SMILES string of the molecule is O=C1CCCN1c1ccc(S(=O)(=O)NCC2CN(C3CC3)C(=O)O2)cc1. The minimum Gasteiger partial charge on any atom is -0.443 e. The first-order chi connectivity index (χ1) is 12.4. The van der Waals surface area contributed by atoms with Crippen molar-refractivity contribution in [2.24, 2.45) is 0 Å². The lowest BCUT2D eigenvalue weighted by Crippen LogP contribution is -2.35. The maximum Gasteiger partial charge on any atom is 0.410 e. The van der Waals surface area contributed by atoms with Gasteiger partial charge in [0, 0.05) is 31.2 Å². The third-order valence-corrected chi connectivity index (χ3v) is 6.36. The van der Waals surface area contributed by atoms with Crippen molar-refractivity contribution < 1.29 is 22.7 Å². The second-order valence-electron chi connectivity index (χ2n) is 6.88. The van der Waals surface area contributed by atoms with Crippen molar-refractivity contribution in [3.05, 3.63) is 24.3 Å². The molecular formula is C17H21N3O5S. The Labute approximate surface area is 152 Å². The number of ether oxygens (including phenoxy) is 1. The summed E-state index contributed by atoms with van der Waals surface area (Å²) in [5.41, 5.74) is 0.705. The second-order valence-corrected chi connectivity index (χ2v) is 8.65. The van der Waals surface area contributed by atoms with Gasteiger partial charge in [0.25, 0.3) is 0 Å². The van der Waals surface area contributed by atoms with E-state index in [9.17, 15) is 18.0 Å². The molecule has 1 unspecified atom stereocenters. The Kier molecular flexibility index (Phi) is 4.36. The summed E-state index contributed by atoms with van der Waals surface area (Å²) in [5, 5.41) is 0. The highest BCUT2D eigenvalue weighted by atomic mass is 32.2. The highest BCUT2D eigenvalue weighted by molar-refractivity contribution is 7.89. The van der Waals surface area contributed by atoms with E-state index >= 15 is 0 Å². The van der Waals surface area contributed by atoms with Crippen LogP contribution in [0.2, 0.25) is 0 Å². The van der Waals surface area contributed by atoms with Gasteiger partial charge in [-0.1, -0.05) is 0 Å². The largest absolute Gasteiger partial charge is 0.443 e. The number of nitrogens with one attached hydrogen (secondary N) is 1. The zero-order valence-corrected chi connectivity index (χ0v) is 15.1. The minimum absolute atomic E-state index is 0.0453. The van der Waals surface area contributed by atoms with Crippen LogP contribution in [0.4, 0.5) is 10.5 Å². The Balaban J connectivity index is 1.37. The van der Waals surface area contributed by atoms with Gasteiger partial charge in [-0.05, 0) is 43.5 Å². The highest BCUT2D eigenvalue weighted by Gasteiger charge is 2.41. The van der Waals surface area contributed by atoms with Crippen LogP contribution >= 0.6 is 0 Å². The van der Waals surface area contributed by atoms with Gasteiger partial charge < -0.3 is 14.5 Å². The fraction of sp³-hybridized carbons (Fsp3) is 0.529.